The molecule has 0 aromatic heterocycles. The third-order valence-corrected chi connectivity index (χ3v) is 2.66. The van der Waals surface area contributed by atoms with Crippen LogP contribution in [0.3, 0.4) is 0 Å². The van der Waals surface area contributed by atoms with Gasteiger partial charge >= 0.3 is 5.69 Å². The number of halogens is 2. The van der Waals surface area contributed by atoms with Gasteiger partial charge in [-0.1, -0.05) is 0 Å². The smallest absolute Gasteiger partial charge is 0.308 e. The standard InChI is InChI=1S/C12H13F2N3O4/c1-15(2)10(18)6-16(3)12(19)8-4-7(13)5-9(11(8)14)17(20)21/h4-5H,6H2,1-3H3. The van der Waals surface area contributed by atoms with Gasteiger partial charge < -0.3 is 9.80 Å². The van der Waals surface area contributed by atoms with E-state index in [2.05, 4.69) is 0 Å². The Hall–Kier alpha value is -2.58. The van der Waals surface area contributed by atoms with Crippen LogP contribution in [-0.4, -0.2) is 54.2 Å². The Balaban J connectivity index is 3.13. The SMILES string of the molecule is CN(C)C(=O)CN(C)C(=O)c1cc(F)cc([N+](=O)[O-])c1F. The predicted molar refractivity (Wildman–Crippen MR) is 68.7 cm³/mol. The number of rotatable bonds is 4. The summed E-state index contributed by atoms with van der Waals surface area (Å²) in [6.07, 6.45) is 0. The second-order valence-electron chi connectivity index (χ2n) is 4.49. The van der Waals surface area contributed by atoms with Gasteiger partial charge in [0.25, 0.3) is 5.91 Å². The van der Waals surface area contributed by atoms with Crippen LogP contribution in [0.25, 0.3) is 0 Å². The van der Waals surface area contributed by atoms with E-state index in [0.717, 1.165) is 4.90 Å². The fourth-order valence-corrected chi connectivity index (χ4v) is 1.49. The molecule has 0 atom stereocenters. The van der Waals surface area contributed by atoms with Crippen LogP contribution in [0.2, 0.25) is 0 Å². The van der Waals surface area contributed by atoms with Gasteiger partial charge in [-0.25, -0.2) is 4.39 Å². The van der Waals surface area contributed by atoms with Gasteiger partial charge in [0.15, 0.2) is 0 Å². The Labute approximate surface area is 118 Å². The molecule has 9 heteroatoms. The summed E-state index contributed by atoms with van der Waals surface area (Å²) in [6, 6.07) is 0.943. The van der Waals surface area contributed by atoms with Gasteiger partial charge in [-0.3, -0.25) is 19.7 Å². The minimum Gasteiger partial charge on any atom is -0.347 e. The van der Waals surface area contributed by atoms with Crippen LogP contribution in [0.5, 0.6) is 0 Å². The van der Waals surface area contributed by atoms with E-state index in [1.54, 1.807) is 0 Å². The molecule has 1 aromatic carbocycles. The van der Waals surface area contributed by atoms with E-state index in [9.17, 15) is 28.5 Å². The first-order chi connectivity index (χ1) is 9.65. The lowest BCUT2D eigenvalue weighted by molar-refractivity contribution is -0.387. The highest BCUT2D eigenvalue weighted by atomic mass is 19.1. The average molecular weight is 301 g/mol. The maximum Gasteiger partial charge on any atom is 0.308 e. The number of nitro groups is 1. The van der Waals surface area contributed by atoms with Crippen molar-refractivity contribution in [3.8, 4) is 0 Å². The summed E-state index contributed by atoms with van der Waals surface area (Å²) >= 11 is 0. The van der Waals surface area contributed by atoms with Gasteiger partial charge in [0, 0.05) is 21.1 Å². The van der Waals surface area contributed by atoms with Gasteiger partial charge in [-0.2, -0.15) is 4.39 Å². The van der Waals surface area contributed by atoms with Crippen molar-refractivity contribution >= 4 is 17.5 Å². The molecule has 114 valence electrons. The zero-order valence-electron chi connectivity index (χ0n) is 11.6. The number of carbonyl (C=O) groups excluding carboxylic acids is 2. The minimum atomic E-state index is -1.43. The summed E-state index contributed by atoms with van der Waals surface area (Å²) in [7, 11) is 4.14. The molecule has 0 heterocycles. The number of amides is 2. The van der Waals surface area contributed by atoms with Crippen LogP contribution in [0.15, 0.2) is 12.1 Å². The number of likely N-dealkylation sites (N-methyl/N-ethyl adjacent to an activating group) is 2. The number of carbonyl (C=O) groups is 2. The Kier molecular flexibility index (Phi) is 4.90. The number of benzene rings is 1. The lowest BCUT2D eigenvalue weighted by Gasteiger charge is -2.19. The Morgan fingerprint density at radius 2 is 1.81 bits per heavy atom. The minimum absolute atomic E-state index is 0.365. The molecule has 0 spiro atoms. The summed E-state index contributed by atoms with van der Waals surface area (Å²) in [5.74, 6) is -4.00. The van der Waals surface area contributed by atoms with Gasteiger partial charge in [-0.05, 0) is 6.07 Å². The molecule has 0 aliphatic carbocycles. The summed E-state index contributed by atoms with van der Waals surface area (Å²) < 4.78 is 27.1. The lowest BCUT2D eigenvalue weighted by atomic mass is 10.1. The molecule has 21 heavy (non-hydrogen) atoms. The number of hydrogen-bond donors (Lipinski definition) is 0. The third kappa shape index (κ3) is 3.71. The molecule has 0 fully saturated rings. The normalized spacial score (nSPS) is 10.1. The summed E-state index contributed by atoms with van der Waals surface area (Å²) in [5.41, 5.74) is -1.93. The van der Waals surface area contributed by atoms with Crippen molar-refractivity contribution in [3.63, 3.8) is 0 Å². The molecule has 0 saturated carbocycles. The van der Waals surface area contributed by atoms with Crippen LogP contribution < -0.4 is 0 Å². The zero-order chi connectivity index (χ0) is 16.3. The van der Waals surface area contributed by atoms with Crippen molar-refractivity contribution in [3.05, 3.63) is 39.4 Å². The molecule has 1 aromatic rings. The highest BCUT2D eigenvalue weighted by Gasteiger charge is 2.26. The van der Waals surface area contributed by atoms with E-state index in [1.807, 2.05) is 0 Å². The first-order valence-electron chi connectivity index (χ1n) is 5.74. The molecular weight excluding hydrogens is 288 g/mol. The molecule has 0 saturated heterocycles. The molecule has 0 bridgehead atoms. The molecule has 0 aliphatic rings. The Morgan fingerprint density at radius 3 is 2.29 bits per heavy atom. The molecule has 0 radical (unpaired) electrons. The van der Waals surface area contributed by atoms with Crippen molar-refractivity contribution in [2.45, 2.75) is 0 Å². The van der Waals surface area contributed by atoms with E-state index in [-0.39, 0.29) is 6.54 Å². The number of nitro benzene ring substituents is 1. The fraction of sp³-hybridized carbons (Fsp3) is 0.333. The number of hydrogen-bond acceptors (Lipinski definition) is 4. The van der Waals surface area contributed by atoms with Crippen molar-refractivity contribution in [2.24, 2.45) is 0 Å². The fourth-order valence-electron chi connectivity index (χ4n) is 1.49. The van der Waals surface area contributed by atoms with Gasteiger partial charge in [0.1, 0.15) is 5.82 Å². The third-order valence-electron chi connectivity index (χ3n) is 2.66. The molecule has 0 aliphatic heterocycles. The van der Waals surface area contributed by atoms with Crippen LogP contribution in [0.4, 0.5) is 14.5 Å². The second kappa shape index (κ2) is 6.25. The molecule has 7 nitrogen and oxygen atoms in total. The summed E-state index contributed by atoms with van der Waals surface area (Å²) in [4.78, 5) is 35.0. The maximum atomic E-state index is 13.9. The van der Waals surface area contributed by atoms with E-state index < -0.39 is 39.6 Å². The summed E-state index contributed by atoms with van der Waals surface area (Å²) in [5, 5.41) is 10.6. The van der Waals surface area contributed by atoms with Gasteiger partial charge in [0.2, 0.25) is 11.7 Å². The molecular formula is C12H13F2N3O4. The topological polar surface area (TPSA) is 83.8 Å². The monoisotopic (exact) mass is 301 g/mol. The van der Waals surface area contributed by atoms with E-state index >= 15 is 0 Å². The average Bonchev–Trinajstić information content (AvgIpc) is 2.39. The highest BCUT2D eigenvalue weighted by Crippen LogP contribution is 2.23. The van der Waals surface area contributed by atoms with Crippen LogP contribution in [-0.2, 0) is 4.79 Å². The van der Waals surface area contributed by atoms with E-state index in [0.29, 0.717) is 12.1 Å². The first-order valence-corrected chi connectivity index (χ1v) is 5.74. The van der Waals surface area contributed by atoms with Crippen LogP contribution in [0.1, 0.15) is 10.4 Å². The first kappa shape index (κ1) is 16.5. The van der Waals surface area contributed by atoms with Gasteiger partial charge in [-0.15, -0.1) is 0 Å². The molecule has 1 rings (SSSR count). The zero-order valence-corrected chi connectivity index (χ0v) is 11.6. The highest BCUT2D eigenvalue weighted by molar-refractivity contribution is 5.97. The van der Waals surface area contributed by atoms with Crippen molar-refractivity contribution in [2.75, 3.05) is 27.7 Å². The lowest BCUT2D eigenvalue weighted by Crippen LogP contribution is -2.38. The molecule has 0 N–H and O–H groups in total. The predicted octanol–water partition coefficient (Wildman–Crippen LogP) is 1.03. The molecule has 0 unspecified atom stereocenters. The van der Waals surface area contributed by atoms with Crippen molar-refractivity contribution < 1.29 is 23.3 Å². The second-order valence-corrected chi connectivity index (χ2v) is 4.49. The van der Waals surface area contributed by atoms with Crippen molar-refractivity contribution in [1.29, 1.82) is 0 Å². The summed E-state index contributed by atoms with van der Waals surface area (Å²) in [6.45, 7) is -0.365. The Bertz CT molecular complexity index is 604. The number of nitrogens with zero attached hydrogens (tertiary/aromatic N) is 3. The van der Waals surface area contributed by atoms with Crippen LogP contribution >= 0.6 is 0 Å². The van der Waals surface area contributed by atoms with Gasteiger partial charge in [0.05, 0.1) is 23.1 Å². The van der Waals surface area contributed by atoms with Crippen LogP contribution in [0, 0.1) is 21.7 Å². The molecule has 2 amide bonds. The maximum absolute atomic E-state index is 13.9. The Morgan fingerprint density at radius 1 is 1.24 bits per heavy atom. The largest absolute Gasteiger partial charge is 0.347 e. The van der Waals surface area contributed by atoms with E-state index in [4.69, 9.17) is 0 Å². The quantitative estimate of drug-likeness (QED) is 0.614. The van der Waals surface area contributed by atoms with Crippen molar-refractivity contribution in [1.82, 2.24) is 9.80 Å². The van der Waals surface area contributed by atoms with E-state index in [1.165, 1.54) is 26.0 Å².